The fourth-order valence-electron chi connectivity index (χ4n) is 4.17. The van der Waals surface area contributed by atoms with Gasteiger partial charge in [0.05, 0.1) is 30.8 Å². The van der Waals surface area contributed by atoms with Gasteiger partial charge in [0.25, 0.3) is 0 Å². The zero-order valence-electron chi connectivity index (χ0n) is 18.4. The average molecular weight is 399 g/mol. The van der Waals surface area contributed by atoms with Gasteiger partial charge in [-0.2, -0.15) is 0 Å². The Bertz CT molecular complexity index is 761. The molecule has 158 valence electrons. The number of nitrogens with zero attached hydrogens (tertiary/aromatic N) is 2. The Balaban J connectivity index is 1.83. The van der Waals surface area contributed by atoms with Gasteiger partial charge < -0.3 is 9.47 Å². The number of aliphatic imine (C=N–C) groups is 2. The molecule has 3 rings (SSSR count). The first-order valence-corrected chi connectivity index (χ1v) is 10.7. The van der Waals surface area contributed by atoms with E-state index >= 15 is 0 Å². The van der Waals surface area contributed by atoms with Crippen LogP contribution in [0.3, 0.4) is 0 Å². The lowest BCUT2D eigenvalue weighted by molar-refractivity contribution is -0.160. The Kier molecular flexibility index (Phi) is 6.76. The summed E-state index contributed by atoms with van der Waals surface area (Å²) in [7, 11) is 1.66. The number of methoxy groups -OCH3 is 1. The Labute approximate surface area is 174 Å². The van der Waals surface area contributed by atoms with Gasteiger partial charge in [0, 0.05) is 12.1 Å². The van der Waals surface area contributed by atoms with Crippen molar-refractivity contribution >= 4 is 17.9 Å². The maximum Gasteiger partial charge on any atom is 0.309 e. The zero-order valence-corrected chi connectivity index (χ0v) is 18.4. The van der Waals surface area contributed by atoms with Crippen LogP contribution in [0.4, 0.5) is 0 Å². The number of ether oxygens (including phenoxy) is 2. The molecule has 1 aromatic rings. The predicted octanol–water partition coefficient (Wildman–Crippen LogP) is 4.98. The minimum atomic E-state index is -0.505. The van der Waals surface area contributed by atoms with Gasteiger partial charge in [-0.1, -0.05) is 31.9 Å². The Morgan fingerprint density at radius 1 is 1.14 bits per heavy atom. The molecule has 0 amide bonds. The van der Waals surface area contributed by atoms with Crippen molar-refractivity contribution in [3.05, 3.63) is 29.8 Å². The molecule has 0 saturated heterocycles. The molecule has 1 aromatic carbocycles. The van der Waals surface area contributed by atoms with E-state index in [-0.39, 0.29) is 17.8 Å². The molecule has 29 heavy (non-hydrogen) atoms. The average Bonchev–Trinajstić information content (AvgIpc) is 2.70. The first-order chi connectivity index (χ1) is 13.8. The second-order valence-electron chi connectivity index (χ2n) is 9.22. The van der Waals surface area contributed by atoms with Gasteiger partial charge in [0.2, 0.25) is 0 Å². The summed E-state index contributed by atoms with van der Waals surface area (Å²) in [6.45, 7) is 7.66. The Morgan fingerprint density at radius 2 is 1.79 bits per heavy atom. The number of carbonyl (C=O) groups excluding carboxylic acids is 1. The number of hydrogen-bond donors (Lipinski definition) is 0. The van der Waals surface area contributed by atoms with E-state index in [1.54, 1.807) is 7.11 Å². The van der Waals surface area contributed by atoms with Crippen LogP contribution in [0, 0.1) is 5.92 Å². The highest BCUT2D eigenvalue weighted by Crippen LogP contribution is 2.33. The van der Waals surface area contributed by atoms with E-state index in [0.717, 1.165) is 29.9 Å². The number of esters is 1. The third kappa shape index (κ3) is 5.68. The van der Waals surface area contributed by atoms with Crippen LogP contribution in [0.1, 0.15) is 71.3 Å². The highest BCUT2D eigenvalue weighted by Gasteiger charge is 2.32. The van der Waals surface area contributed by atoms with Crippen LogP contribution in [0.2, 0.25) is 0 Å². The highest BCUT2D eigenvalue weighted by atomic mass is 16.6. The van der Waals surface area contributed by atoms with Crippen molar-refractivity contribution in [1.82, 2.24) is 0 Å². The summed E-state index contributed by atoms with van der Waals surface area (Å²) in [6, 6.07) is 8.60. The second-order valence-corrected chi connectivity index (χ2v) is 9.22. The minimum absolute atomic E-state index is 0.0268. The van der Waals surface area contributed by atoms with Crippen LogP contribution in [0.15, 0.2) is 34.3 Å². The molecule has 1 saturated carbocycles. The summed E-state index contributed by atoms with van der Waals surface area (Å²) in [5.41, 5.74) is 1.57. The van der Waals surface area contributed by atoms with Crippen molar-refractivity contribution in [3.8, 4) is 5.75 Å². The lowest BCUT2D eigenvalue weighted by Crippen LogP contribution is -2.34. The largest absolute Gasteiger partial charge is 0.497 e. The van der Waals surface area contributed by atoms with Crippen molar-refractivity contribution in [2.75, 3.05) is 7.11 Å². The third-order valence-corrected chi connectivity index (χ3v) is 5.80. The summed E-state index contributed by atoms with van der Waals surface area (Å²) in [6.07, 6.45) is 7.33. The van der Waals surface area contributed by atoms with Crippen LogP contribution in [0.5, 0.6) is 5.75 Å². The van der Waals surface area contributed by atoms with Crippen molar-refractivity contribution in [2.45, 2.75) is 83.4 Å². The first kappa shape index (κ1) is 21.5. The van der Waals surface area contributed by atoms with E-state index in [4.69, 9.17) is 19.5 Å². The maximum absolute atomic E-state index is 12.8. The number of carbonyl (C=O) groups is 1. The molecule has 4 atom stereocenters. The Hall–Kier alpha value is -2.17. The van der Waals surface area contributed by atoms with Crippen LogP contribution in [-0.4, -0.2) is 42.7 Å². The van der Waals surface area contributed by atoms with Gasteiger partial charge >= 0.3 is 5.97 Å². The number of hydrogen-bond acceptors (Lipinski definition) is 5. The van der Waals surface area contributed by atoms with E-state index in [1.165, 1.54) is 12.8 Å². The summed E-state index contributed by atoms with van der Waals surface area (Å²) in [5, 5.41) is 0. The van der Waals surface area contributed by atoms with Crippen molar-refractivity contribution in [2.24, 2.45) is 15.9 Å². The molecule has 5 heteroatoms. The number of benzene rings is 1. The van der Waals surface area contributed by atoms with E-state index < -0.39 is 5.60 Å². The van der Waals surface area contributed by atoms with Crippen LogP contribution < -0.4 is 4.74 Å². The van der Waals surface area contributed by atoms with Gasteiger partial charge in [-0.3, -0.25) is 14.8 Å². The summed E-state index contributed by atoms with van der Waals surface area (Å²) in [5.74, 6) is 0.310. The molecule has 0 N–H and O–H groups in total. The van der Waals surface area contributed by atoms with Gasteiger partial charge in [-0.25, -0.2) is 0 Å². The van der Waals surface area contributed by atoms with E-state index in [1.807, 2.05) is 58.2 Å². The molecular weight excluding hydrogens is 364 g/mol. The fourth-order valence-corrected chi connectivity index (χ4v) is 4.17. The van der Waals surface area contributed by atoms with Crippen molar-refractivity contribution in [3.63, 3.8) is 0 Å². The van der Waals surface area contributed by atoms with Gasteiger partial charge in [-0.15, -0.1) is 0 Å². The fraction of sp³-hybridized carbons (Fsp3) is 0.625. The molecule has 5 nitrogen and oxygen atoms in total. The highest BCUT2D eigenvalue weighted by molar-refractivity contribution is 6.31. The van der Waals surface area contributed by atoms with E-state index in [0.29, 0.717) is 18.5 Å². The lowest BCUT2D eigenvalue weighted by atomic mass is 9.82. The molecule has 1 aliphatic carbocycles. The SMILES string of the molecule is COc1ccc(C(CC2=NC3CCCCC3N=C2)C(C)C(=O)OC(C)(C)C)cc1. The van der Waals surface area contributed by atoms with Crippen LogP contribution in [0.25, 0.3) is 0 Å². The molecule has 1 heterocycles. The molecule has 0 aromatic heterocycles. The van der Waals surface area contributed by atoms with Crippen molar-refractivity contribution < 1.29 is 14.3 Å². The summed E-state index contributed by atoms with van der Waals surface area (Å²) in [4.78, 5) is 22.6. The molecule has 0 spiro atoms. The lowest BCUT2D eigenvalue weighted by Gasteiger charge is -2.31. The summed E-state index contributed by atoms with van der Waals surface area (Å²) < 4.78 is 11.0. The molecule has 2 aliphatic rings. The van der Waals surface area contributed by atoms with Crippen molar-refractivity contribution in [1.29, 1.82) is 0 Å². The topological polar surface area (TPSA) is 60.2 Å². The standard InChI is InChI=1S/C24H34N2O3/c1-16(23(27)29-24(2,3)4)20(17-10-12-19(28-5)13-11-17)14-18-15-25-21-8-6-7-9-22(21)26-18/h10-13,15-16,20-22H,6-9,14H2,1-5H3. The second kappa shape index (κ2) is 9.10. The summed E-state index contributed by atoms with van der Waals surface area (Å²) >= 11 is 0. The molecular formula is C24H34N2O3. The monoisotopic (exact) mass is 398 g/mol. The number of rotatable bonds is 6. The molecule has 0 bridgehead atoms. The quantitative estimate of drug-likeness (QED) is 0.635. The third-order valence-electron chi connectivity index (χ3n) is 5.80. The number of fused-ring (bicyclic) bond motifs is 1. The van der Waals surface area contributed by atoms with Gasteiger partial charge in [0.1, 0.15) is 11.4 Å². The smallest absolute Gasteiger partial charge is 0.309 e. The first-order valence-electron chi connectivity index (χ1n) is 10.7. The predicted molar refractivity (Wildman–Crippen MR) is 117 cm³/mol. The van der Waals surface area contributed by atoms with Crippen LogP contribution in [-0.2, 0) is 9.53 Å². The molecule has 0 radical (unpaired) electrons. The molecule has 1 aliphatic heterocycles. The molecule has 4 unspecified atom stereocenters. The Morgan fingerprint density at radius 3 is 2.41 bits per heavy atom. The minimum Gasteiger partial charge on any atom is -0.497 e. The maximum atomic E-state index is 12.8. The van der Waals surface area contributed by atoms with E-state index in [9.17, 15) is 4.79 Å². The normalized spacial score (nSPS) is 23.6. The molecule has 1 fully saturated rings. The van der Waals surface area contributed by atoms with Gasteiger partial charge in [-0.05, 0) is 57.7 Å². The van der Waals surface area contributed by atoms with Gasteiger partial charge in [0.15, 0.2) is 0 Å². The van der Waals surface area contributed by atoms with Crippen LogP contribution >= 0.6 is 0 Å². The zero-order chi connectivity index (χ0) is 21.0. The van der Waals surface area contributed by atoms with E-state index in [2.05, 4.69) is 0 Å².